The monoisotopic (exact) mass is 296 g/mol. The number of hydrogen-bond acceptors (Lipinski definition) is 4. The third kappa shape index (κ3) is 5.61. The topological polar surface area (TPSA) is 83.0 Å². The van der Waals surface area contributed by atoms with E-state index in [0.29, 0.717) is 0 Å². The Labute approximate surface area is 121 Å². The molecule has 1 rings (SSSR count). The fourth-order valence-corrected chi connectivity index (χ4v) is 1.58. The minimum atomic E-state index is -0.536. The number of urea groups is 2. The Bertz CT molecular complexity index is 491. The highest BCUT2D eigenvalue weighted by molar-refractivity contribution is 7.98. The van der Waals surface area contributed by atoms with Crippen molar-refractivity contribution >= 4 is 30.0 Å². The zero-order valence-corrected chi connectivity index (χ0v) is 12.2. The number of carbonyl (C=O) groups is 2. The van der Waals surface area contributed by atoms with E-state index in [2.05, 4.69) is 15.0 Å². The summed E-state index contributed by atoms with van der Waals surface area (Å²) in [7, 11) is 4.40. The molecule has 1 aromatic carbocycles. The maximum absolute atomic E-state index is 11.6. The van der Waals surface area contributed by atoms with Gasteiger partial charge >= 0.3 is 18.1 Å². The van der Waals surface area contributed by atoms with Crippen LogP contribution in [-0.4, -0.2) is 44.2 Å². The van der Waals surface area contributed by atoms with Crippen LogP contribution in [0.2, 0.25) is 0 Å². The Hall–Kier alpha value is -2.22. The Morgan fingerprint density at radius 3 is 2.45 bits per heavy atom. The van der Waals surface area contributed by atoms with Gasteiger partial charge in [0.05, 0.1) is 7.11 Å². The number of carbonyl (C=O) groups excluding carboxylic acids is 2. The van der Waals surface area contributed by atoms with Crippen LogP contribution in [0, 0.1) is 0 Å². The van der Waals surface area contributed by atoms with Crippen LogP contribution >= 0.6 is 11.9 Å². The van der Waals surface area contributed by atoms with Crippen molar-refractivity contribution in [3.05, 3.63) is 30.3 Å². The molecule has 0 aliphatic rings. The fourth-order valence-electron chi connectivity index (χ4n) is 1.03. The molecule has 0 aliphatic carbocycles. The van der Waals surface area contributed by atoms with Crippen molar-refractivity contribution < 1.29 is 14.3 Å². The van der Waals surface area contributed by atoms with Gasteiger partial charge in [0.2, 0.25) is 0 Å². The highest BCUT2D eigenvalue weighted by atomic mass is 32.2. The van der Waals surface area contributed by atoms with Gasteiger partial charge in [0.25, 0.3) is 0 Å². The van der Waals surface area contributed by atoms with E-state index in [4.69, 9.17) is 4.74 Å². The lowest BCUT2D eigenvalue weighted by Crippen LogP contribution is -2.38. The highest BCUT2D eigenvalue weighted by Crippen LogP contribution is 2.12. The first-order valence-corrected chi connectivity index (χ1v) is 6.47. The predicted octanol–water partition coefficient (Wildman–Crippen LogP) is 1.68. The molecular formula is C12H16N4O3S. The number of hydrogen-bond donors (Lipinski definition) is 2. The van der Waals surface area contributed by atoms with Crippen molar-refractivity contribution in [3.63, 3.8) is 0 Å². The highest BCUT2D eigenvalue weighted by Gasteiger charge is 2.09. The predicted molar refractivity (Wildman–Crippen MR) is 77.5 cm³/mol. The van der Waals surface area contributed by atoms with Crippen LogP contribution < -0.4 is 10.0 Å². The number of nitrogens with zero attached hydrogens (tertiary/aromatic N) is 2. The molecule has 0 spiro atoms. The van der Waals surface area contributed by atoms with E-state index >= 15 is 0 Å². The number of rotatable bonds is 2. The maximum atomic E-state index is 11.6. The first-order valence-electron chi connectivity index (χ1n) is 5.65. The number of aliphatic imine (C=N–C) groups is 1. The zero-order valence-electron chi connectivity index (χ0n) is 11.4. The van der Waals surface area contributed by atoms with E-state index in [1.165, 1.54) is 12.0 Å². The Kier molecular flexibility index (Phi) is 6.38. The van der Waals surface area contributed by atoms with Crippen LogP contribution in [0.4, 0.5) is 9.59 Å². The lowest BCUT2D eigenvalue weighted by molar-refractivity contribution is 0.226. The number of methoxy groups -OCH3 is 1. The van der Waals surface area contributed by atoms with Crippen LogP contribution in [0.3, 0.4) is 0 Å². The molecule has 0 radical (unpaired) electrons. The Balaban J connectivity index is 2.49. The van der Waals surface area contributed by atoms with Gasteiger partial charge in [0.1, 0.15) is 0 Å². The van der Waals surface area contributed by atoms with Gasteiger partial charge in [-0.05, 0) is 24.1 Å². The summed E-state index contributed by atoms with van der Waals surface area (Å²) in [6.07, 6.45) is 0. The minimum absolute atomic E-state index is 0.171. The molecule has 0 saturated heterocycles. The third-order valence-electron chi connectivity index (χ3n) is 2.00. The van der Waals surface area contributed by atoms with Crippen molar-refractivity contribution in [1.82, 2.24) is 14.9 Å². The van der Waals surface area contributed by atoms with Crippen LogP contribution in [0.15, 0.2) is 40.2 Å². The van der Waals surface area contributed by atoms with Crippen LogP contribution in [-0.2, 0) is 4.74 Å². The van der Waals surface area contributed by atoms with E-state index in [1.807, 2.05) is 30.3 Å². The summed E-state index contributed by atoms with van der Waals surface area (Å²) in [5, 5.41) is 2.33. The maximum Gasteiger partial charge on any atom is 0.347 e. The number of benzene rings is 1. The number of amidine groups is 1. The van der Waals surface area contributed by atoms with Crippen molar-refractivity contribution in [2.45, 2.75) is 4.90 Å². The largest absolute Gasteiger partial charge is 0.468 e. The Morgan fingerprint density at radius 1 is 1.25 bits per heavy atom. The minimum Gasteiger partial charge on any atom is -0.468 e. The van der Waals surface area contributed by atoms with Crippen molar-refractivity contribution in [1.29, 1.82) is 0 Å². The second kappa shape index (κ2) is 8.05. The molecule has 0 saturated carbocycles. The van der Waals surface area contributed by atoms with Gasteiger partial charge < -0.3 is 9.64 Å². The summed E-state index contributed by atoms with van der Waals surface area (Å²) in [5.74, 6) is 0. The van der Waals surface area contributed by atoms with Crippen molar-refractivity contribution in [3.8, 4) is 0 Å². The summed E-state index contributed by atoms with van der Waals surface area (Å²) in [5.41, 5.74) is 0. The number of nitrogens with one attached hydrogen (secondary N) is 2. The molecule has 108 valence electrons. The first-order chi connectivity index (χ1) is 9.52. The fraction of sp³-hybridized carbons (Fsp3) is 0.250. The molecule has 1 aromatic rings. The summed E-state index contributed by atoms with van der Waals surface area (Å²) in [4.78, 5) is 28.7. The summed E-state index contributed by atoms with van der Waals surface area (Å²) in [6.45, 7) is 0. The quantitative estimate of drug-likeness (QED) is 0.494. The van der Waals surface area contributed by atoms with E-state index in [9.17, 15) is 9.59 Å². The third-order valence-corrected chi connectivity index (χ3v) is 2.79. The smallest absolute Gasteiger partial charge is 0.347 e. The standard InChI is InChI=1S/C12H16N4O3S/c1-16(2)12(18)14-11(19-3)13-10(17)15-20-9-7-5-4-6-8-9/h4-8H,1-3H3,(H2,13,14,15,17,18). The molecule has 0 heterocycles. The van der Waals surface area contributed by atoms with E-state index < -0.39 is 12.1 Å². The molecule has 0 atom stereocenters. The van der Waals surface area contributed by atoms with Gasteiger partial charge in [0.15, 0.2) is 0 Å². The first kappa shape index (κ1) is 15.8. The van der Waals surface area contributed by atoms with Gasteiger partial charge in [-0.1, -0.05) is 18.2 Å². The molecule has 0 fully saturated rings. The second-order valence-electron chi connectivity index (χ2n) is 3.77. The molecule has 0 aliphatic heterocycles. The molecule has 2 N–H and O–H groups in total. The summed E-state index contributed by atoms with van der Waals surface area (Å²) in [6, 6.07) is 8.07. The van der Waals surface area contributed by atoms with Crippen molar-refractivity contribution in [2.75, 3.05) is 21.2 Å². The molecule has 7 nitrogen and oxygen atoms in total. The van der Waals surface area contributed by atoms with E-state index in [-0.39, 0.29) is 6.02 Å². The molecular weight excluding hydrogens is 280 g/mol. The van der Waals surface area contributed by atoms with Gasteiger partial charge in [-0.15, -0.1) is 4.99 Å². The van der Waals surface area contributed by atoms with Crippen molar-refractivity contribution in [2.24, 2.45) is 4.99 Å². The lowest BCUT2D eigenvalue weighted by Gasteiger charge is -2.10. The van der Waals surface area contributed by atoms with E-state index in [1.54, 1.807) is 14.1 Å². The van der Waals surface area contributed by atoms with Gasteiger partial charge in [-0.3, -0.25) is 10.0 Å². The van der Waals surface area contributed by atoms with E-state index in [0.717, 1.165) is 16.8 Å². The SMILES string of the molecule is COC(=NC(=O)N(C)C)NC(=O)NSc1ccccc1. The lowest BCUT2D eigenvalue weighted by atomic mass is 10.4. The molecule has 0 aromatic heterocycles. The molecule has 8 heteroatoms. The average molecular weight is 296 g/mol. The molecule has 4 amide bonds. The second-order valence-corrected chi connectivity index (χ2v) is 4.65. The number of ether oxygens (including phenoxy) is 1. The molecule has 0 bridgehead atoms. The molecule has 20 heavy (non-hydrogen) atoms. The zero-order chi connectivity index (χ0) is 15.0. The Morgan fingerprint density at radius 2 is 1.90 bits per heavy atom. The summed E-state index contributed by atoms with van der Waals surface area (Å²) < 4.78 is 7.36. The van der Waals surface area contributed by atoms with Gasteiger partial charge in [-0.2, -0.15) is 0 Å². The van der Waals surface area contributed by atoms with Crippen LogP contribution in [0.5, 0.6) is 0 Å². The normalized spacial score (nSPS) is 10.7. The number of amides is 4. The van der Waals surface area contributed by atoms with Gasteiger partial charge in [0, 0.05) is 19.0 Å². The van der Waals surface area contributed by atoms with Gasteiger partial charge in [-0.25, -0.2) is 9.59 Å². The average Bonchev–Trinajstić information content (AvgIpc) is 2.45. The van der Waals surface area contributed by atoms with Crippen LogP contribution in [0.1, 0.15) is 0 Å². The molecule has 0 unspecified atom stereocenters. The summed E-state index contributed by atoms with van der Waals surface area (Å²) >= 11 is 1.14. The van der Waals surface area contributed by atoms with Crippen LogP contribution in [0.25, 0.3) is 0 Å².